The number of anilines is 2. The maximum absolute atomic E-state index is 12.7. The highest BCUT2D eigenvalue weighted by Gasteiger charge is 2.15. The summed E-state index contributed by atoms with van der Waals surface area (Å²) in [7, 11) is -3.77. The lowest BCUT2D eigenvalue weighted by atomic mass is 10.0. The van der Waals surface area contributed by atoms with Gasteiger partial charge in [-0.25, -0.2) is 8.42 Å². The van der Waals surface area contributed by atoms with Crippen LogP contribution in [0.1, 0.15) is 42.6 Å². The van der Waals surface area contributed by atoms with Crippen LogP contribution < -0.4 is 20.1 Å². The molecule has 9 heteroatoms. The van der Waals surface area contributed by atoms with E-state index in [-0.39, 0.29) is 15.9 Å². The number of hydrogen-bond acceptors (Lipinski definition) is 5. The summed E-state index contributed by atoms with van der Waals surface area (Å²) in [5.74, 6) is 0.714. The van der Waals surface area contributed by atoms with E-state index < -0.39 is 10.0 Å². The van der Waals surface area contributed by atoms with Crippen LogP contribution in [-0.2, 0) is 10.0 Å². The summed E-state index contributed by atoms with van der Waals surface area (Å²) in [5.41, 5.74) is 2.61. The van der Waals surface area contributed by atoms with Crippen LogP contribution in [0, 0.1) is 0 Å². The van der Waals surface area contributed by atoms with E-state index in [1.54, 1.807) is 48.5 Å². The average molecular weight is 498 g/mol. The third-order valence-corrected chi connectivity index (χ3v) is 6.51. The van der Waals surface area contributed by atoms with Gasteiger partial charge < -0.3 is 10.1 Å². The summed E-state index contributed by atoms with van der Waals surface area (Å²) in [6, 6.07) is 20.0. The van der Waals surface area contributed by atoms with Gasteiger partial charge in [-0.3, -0.25) is 14.8 Å². The van der Waals surface area contributed by atoms with Crippen molar-refractivity contribution in [1.29, 1.82) is 0 Å². The number of carbonyl (C=O) groups excluding carboxylic acids is 1. The first-order valence-electron chi connectivity index (χ1n) is 10.8. The standard InChI is InChI=1S/C25H27N3O4S2/c1-4-32-22-13-9-21(10-14-22)28-34(30,31)23-15-11-20(12-16-23)26-25(33)27-24(29)19-7-5-18(6-8-19)17(2)3/h5-17,28H,4H2,1-3H3,(H2,26,27,29,33). The first-order chi connectivity index (χ1) is 16.2. The molecule has 34 heavy (non-hydrogen) atoms. The fraction of sp³-hybridized carbons (Fsp3) is 0.200. The number of amides is 1. The van der Waals surface area contributed by atoms with Crippen LogP contribution in [-0.4, -0.2) is 26.0 Å². The summed E-state index contributed by atoms with van der Waals surface area (Å²) in [5, 5.41) is 5.63. The summed E-state index contributed by atoms with van der Waals surface area (Å²) in [6.45, 7) is 6.58. The van der Waals surface area contributed by atoms with Crippen molar-refractivity contribution in [3.05, 3.63) is 83.9 Å². The van der Waals surface area contributed by atoms with Gasteiger partial charge in [-0.15, -0.1) is 0 Å². The minimum absolute atomic E-state index is 0.0899. The number of carbonyl (C=O) groups is 1. The van der Waals surface area contributed by atoms with E-state index >= 15 is 0 Å². The van der Waals surface area contributed by atoms with Gasteiger partial charge in [0, 0.05) is 16.9 Å². The third kappa shape index (κ3) is 6.79. The molecule has 3 aromatic carbocycles. The number of ether oxygens (including phenoxy) is 1. The zero-order valence-electron chi connectivity index (χ0n) is 19.2. The number of thiocarbonyl (C=S) groups is 1. The van der Waals surface area contributed by atoms with Crippen LogP contribution in [0.2, 0.25) is 0 Å². The summed E-state index contributed by atoms with van der Waals surface area (Å²) in [6.07, 6.45) is 0. The van der Waals surface area contributed by atoms with Crippen LogP contribution in [0.4, 0.5) is 11.4 Å². The van der Waals surface area contributed by atoms with Crippen molar-refractivity contribution in [3.8, 4) is 5.75 Å². The highest BCUT2D eigenvalue weighted by atomic mass is 32.2. The lowest BCUT2D eigenvalue weighted by Gasteiger charge is -2.12. The van der Waals surface area contributed by atoms with Gasteiger partial charge >= 0.3 is 0 Å². The molecular weight excluding hydrogens is 470 g/mol. The fourth-order valence-corrected chi connectivity index (χ4v) is 4.34. The summed E-state index contributed by atoms with van der Waals surface area (Å²) in [4.78, 5) is 12.5. The van der Waals surface area contributed by atoms with Crippen LogP contribution >= 0.6 is 12.2 Å². The molecule has 0 heterocycles. The summed E-state index contributed by atoms with van der Waals surface area (Å²) < 4.78 is 33.2. The van der Waals surface area contributed by atoms with E-state index in [1.165, 1.54) is 12.1 Å². The lowest BCUT2D eigenvalue weighted by molar-refractivity contribution is 0.0977. The molecule has 0 aromatic heterocycles. The van der Waals surface area contributed by atoms with Crippen molar-refractivity contribution in [2.45, 2.75) is 31.6 Å². The Kier molecular flexibility index (Phi) is 8.25. The van der Waals surface area contributed by atoms with E-state index in [0.29, 0.717) is 35.2 Å². The van der Waals surface area contributed by atoms with E-state index in [4.69, 9.17) is 17.0 Å². The first-order valence-corrected chi connectivity index (χ1v) is 12.6. The molecule has 3 N–H and O–H groups in total. The normalized spacial score (nSPS) is 11.1. The Morgan fingerprint density at radius 1 is 0.912 bits per heavy atom. The Hall–Kier alpha value is -3.43. The lowest BCUT2D eigenvalue weighted by Crippen LogP contribution is -2.34. The Labute approximate surface area is 205 Å². The van der Waals surface area contributed by atoms with Gasteiger partial charge in [0.1, 0.15) is 5.75 Å². The average Bonchev–Trinajstić information content (AvgIpc) is 2.80. The van der Waals surface area contributed by atoms with Gasteiger partial charge in [-0.2, -0.15) is 0 Å². The van der Waals surface area contributed by atoms with Crippen molar-refractivity contribution in [2.24, 2.45) is 0 Å². The van der Waals surface area contributed by atoms with Gasteiger partial charge in [-0.1, -0.05) is 26.0 Å². The highest BCUT2D eigenvalue weighted by molar-refractivity contribution is 7.92. The van der Waals surface area contributed by atoms with Crippen molar-refractivity contribution < 1.29 is 17.9 Å². The molecule has 0 saturated carbocycles. The minimum Gasteiger partial charge on any atom is -0.494 e. The molecule has 0 aliphatic carbocycles. The maximum Gasteiger partial charge on any atom is 0.261 e. The molecule has 0 bridgehead atoms. The molecule has 1 amide bonds. The SMILES string of the molecule is CCOc1ccc(NS(=O)(=O)c2ccc(NC(=S)NC(=O)c3ccc(C(C)C)cc3)cc2)cc1. The first kappa shape index (κ1) is 25.2. The Balaban J connectivity index is 1.58. The fourth-order valence-electron chi connectivity index (χ4n) is 3.07. The molecular formula is C25H27N3O4S2. The van der Waals surface area contributed by atoms with Gasteiger partial charge in [-0.05, 0) is 91.3 Å². The molecule has 0 saturated heterocycles. The van der Waals surface area contributed by atoms with Crippen LogP contribution in [0.5, 0.6) is 5.75 Å². The predicted molar refractivity (Wildman–Crippen MR) is 139 cm³/mol. The number of hydrogen-bond donors (Lipinski definition) is 3. The molecule has 0 fully saturated rings. The molecule has 178 valence electrons. The molecule has 3 aromatic rings. The molecule has 3 rings (SSSR count). The largest absolute Gasteiger partial charge is 0.494 e. The van der Waals surface area contributed by atoms with Gasteiger partial charge in [0.2, 0.25) is 0 Å². The maximum atomic E-state index is 12.7. The monoisotopic (exact) mass is 497 g/mol. The number of benzene rings is 3. The smallest absolute Gasteiger partial charge is 0.261 e. The highest BCUT2D eigenvalue weighted by Crippen LogP contribution is 2.21. The Morgan fingerprint density at radius 2 is 1.50 bits per heavy atom. The van der Waals surface area contributed by atoms with Crippen molar-refractivity contribution in [2.75, 3.05) is 16.6 Å². The van der Waals surface area contributed by atoms with E-state index in [9.17, 15) is 13.2 Å². The second kappa shape index (κ2) is 11.1. The van der Waals surface area contributed by atoms with Crippen molar-refractivity contribution in [3.63, 3.8) is 0 Å². The molecule has 0 aliphatic rings. The zero-order chi connectivity index (χ0) is 24.7. The predicted octanol–water partition coefficient (Wildman–Crippen LogP) is 5.14. The van der Waals surface area contributed by atoms with Crippen molar-refractivity contribution >= 4 is 44.6 Å². The van der Waals surface area contributed by atoms with Crippen molar-refractivity contribution in [1.82, 2.24) is 5.32 Å². The van der Waals surface area contributed by atoms with Gasteiger partial charge in [0.15, 0.2) is 5.11 Å². The van der Waals surface area contributed by atoms with Crippen LogP contribution in [0.3, 0.4) is 0 Å². The molecule has 0 spiro atoms. The van der Waals surface area contributed by atoms with E-state index in [2.05, 4.69) is 29.2 Å². The van der Waals surface area contributed by atoms with Crippen LogP contribution in [0.25, 0.3) is 0 Å². The topological polar surface area (TPSA) is 96.5 Å². The van der Waals surface area contributed by atoms with E-state index in [0.717, 1.165) is 5.56 Å². The quantitative estimate of drug-likeness (QED) is 0.373. The minimum atomic E-state index is -3.77. The van der Waals surface area contributed by atoms with Gasteiger partial charge in [0.25, 0.3) is 15.9 Å². The zero-order valence-corrected chi connectivity index (χ0v) is 20.8. The number of sulfonamides is 1. The second-order valence-electron chi connectivity index (χ2n) is 7.77. The molecule has 0 unspecified atom stereocenters. The Bertz CT molecular complexity index is 1240. The molecule has 0 radical (unpaired) electrons. The molecule has 0 aliphatic heterocycles. The molecule has 7 nitrogen and oxygen atoms in total. The summed E-state index contributed by atoms with van der Waals surface area (Å²) >= 11 is 5.22. The Morgan fingerprint density at radius 3 is 2.06 bits per heavy atom. The van der Waals surface area contributed by atoms with Gasteiger partial charge in [0.05, 0.1) is 11.5 Å². The number of rotatable bonds is 8. The number of nitrogens with one attached hydrogen (secondary N) is 3. The van der Waals surface area contributed by atoms with Crippen LogP contribution in [0.15, 0.2) is 77.7 Å². The second-order valence-corrected chi connectivity index (χ2v) is 9.86. The third-order valence-electron chi connectivity index (χ3n) is 4.91. The molecule has 0 atom stereocenters. The van der Waals surface area contributed by atoms with E-state index in [1.807, 2.05) is 19.1 Å².